The standard InChI is InChI=1S/C16H17Cl/c1-12-4-6-13(7-5-12)16(2,3)14-8-10-15(17)11-9-14/h4-11H,1-3H3. The monoisotopic (exact) mass is 244 g/mol. The van der Waals surface area contributed by atoms with Crippen molar-refractivity contribution in [2.45, 2.75) is 26.2 Å². The smallest absolute Gasteiger partial charge is 0.0406 e. The molecule has 0 saturated carbocycles. The van der Waals surface area contributed by atoms with Crippen LogP contribution in [-0.4, -0.2) is 0 Å². The lowest BCUT2D eigenvalue weighted by atomic mass is 9.78. The maximum atomic E-state index is 5.93. The zero-order valence-electron chi connectivity index (χ0n) is 10.5. The van der Waals surface area contributed by atoms with Gasteiger partial charge in [-0.2, -0.15) is 0 Å². The average molecular weight is 245 g/mol. The first kappa shape index (κ1) is 12.2. The van der Waals surface area contributed by atoms with Gasteiger partial charge in [0.15, 0.2) is 0 Å². The molecular formula is C16H17Cl. The first-order valence-electron chi connectivity index (χ1n) is 5.83. The van der Waals surface area contributed by atoms with E-state index in [0.29, 0.717) is 0 Å². The summed E-state index contributed by atoms with van der Waals surface area (Å²) in [7, 11) is 0. The predicted molar refractivity (Wildman–Crippen MR) is 74.8 cm³/mol. The van der Waals surface area contributed by atoms with Crippen LogP contribution in [0.15, 0.2) is 48.5 Å². The Balaban J connectivity index is 2.41. The Morgan fingerprint density at radius 3 is 1.65 bits per heavy atom. The Labute approximate surface area is 108 Å². The predicted octanol–water partition coefficient (Wildman–Crippen LogP) is 4.97. The quantitative estimate of drug-likeness (QED) is 0.699. The summed E-state index contributed by atoms with van der Waals surface area (Å²) in [4.78, 5) is 0. The van der Waals surface area contributed by atoms with Crippen LogP contribution in [0.3, 0.4) is 0 Å². The minimum atomic E-state index is 0.0122. The molecule has 0 amide bonds. The fraction of sp³-hybridized carbons (Fsp3) is 0.250. The highest BCUT2D eigenvalue weighted by atomic mass is 35.5. The van der Waals surface area contributed by atoms with Crippen molar-refractivity contribution >= 4 is 11.6 Å². The van der Waals surface area contributed by atoms with Gasteiger partial charge in [-0.05, 0) is 30.2 Å². The van der Waals surface area contributed by atoms with Crippen molar-refractivity contribution in [2.24, 2.45) is 0 Å². The number of rotatable bonds is 2. The molecule has 0 bridgehead atoms. The molecule has 0 fully saturated rings. The minimum absolute atomic E-state index is 0.0122. The Hall–Kier alpha value is -1.27. The number of hydrogen-bond donors (Lipinski definition) is 0. The first-order chi connectivity index (χ1) is 8.00. The maximum absolute atomic E-state index is 5.93. The van der Waals surface area contributed by atoms with Crippen molar-refractivity contribution in [2.75, 3.05) is 0 Å². The molecule has 17 heavy (non-hydrogen) atoms. The van der Waals surface area contributed by atoms with Crippen LogP contribution in [0.1, 0.15) is 30.5 Å². The van der Waals surface area contributed by atoms with Crippen molar-refractivity contribution in [3.63, 3.8) is 0 Å². The van der Waals surface area contributed by atoms with E-state index in [4.69, 9.17) is 11.6 Å². The van der Waals surface area contributed by atoms with Crippen LogP contribution in [0.25, 0.3) is 0 Å². The molecule has 0 heterocycles. The van der Waals surface area contributed by atoms with E-state index < -0.39 is 0 Å². The van der Waals surface area contributed by atoms with Crippen LogP contribution in [0.2, 0.25) is 5.02 Å². The van der Waals surface area contributed by atoms with Gasteiger partial charge in [0.1, 0.15) is 0 Å². The highest BCUT2D eigenvalue weighted by molar-refractivity contribution is 6.30. The highest BCUT2D eigenvalue weighted by Crippen LogP contribution is 2.32. The molecule has 88 valence electrons. The fourth-order valence-electron chi connectivity index (χ4n) is 2.00. The van der Waals surface area contributed by atoms with Gasteiger partial charge in [0.25, 0.3) is 0 Å². The van der Waals surface area contributed by atoms with Crippen molar-refractivity contribution < 1.29 is 0 Å². The maximum Gasteiger partial charge on any atom is 0.0406 e. The molecule has 0 N–H and O–H groups in total. The Kier molecular flexibility index (Phi) is 3.26. The summed E-state index contributed by atoms with van der Waals surface area (Å²) in [5.74, 6) is 0. The summed E-state index contributed by atoms with van der Waals surface area (Å²) in [6.45, 7) is 6.58. The van der Waals surface area contributed by atoms with E-state index in [1.165, 1.54) is 16.7 Å². The van der Waals surface area contributed by atoms with E-state index in [-0.39, 0.29) is 5.41 Å². The molecule has 0 atom stereocenters. The Bertz CT molecular complexity index is 445. The Morgan fingerprint density at radius 2 is 1.18 bits per heavy atom. The third-order valence-electron chi connectivity index (χ3n) is 3.34. The molecule has 2 rings (SSSR count). The second-order valence-corrected chi connectivity index (χ2v) is 5.43. The van der Waals surface area contributed by atoms with Crippen LogP contribution in [0.5, 0.6) is 0 Å². The van der Waals surface area contributed by atoms with Gasteiger partial charge in [0.05, 0.1) is 0 Å². The number of halogens is 1. The minimum Gasteiger partial charge on any atom is -0.0843 e. The third-order valence-corrected chi connectivity index (χ3v) is 3.59. The van der Waals surface area contributed by atoms with E-state index in [1.54, 1.807) is 0 Å². The summed E-state index contributed by atoms with van der Waals surface area (Å²) in [6.07, 6.45) is 0. The fourth-order valence-corrected chi connectivity index (χ4v) is 2.13. The SMILES string of the molecule is Cc1ccc(C(C)(C)c2ccc(Cl)cc2)cc1. The molecule has 1 heteroatoms. The van der Waals surface area contributed by atoms with Gasteiger partial charge in [0, 0.05) is 10.4 Å². The van der Waals surface area contributed by atoms with E-state index in [9.17, 15) is 0 Å². The van der Waals surface area contributed by atoms with Gasteiger partial charge < -0.3 is 0 Å². The molecule has 0 unspecified atom stereocenters. The van der Waals surface area contributed by atoms with Crippen LogP contribution in [-0.2, 0) is 5.41 Å². The van der Waals surface area contributed by atoms with E-state index >= 15 is 0 Å². The van der Waals surface area contributed by atoms with Crippen LogP contribution in [0.4, 0.5) is 0 Å². The molecule has 0 spiro atoms. The summed E-state index contributed by atoms with van der Waals surface area (Å²) in [6, 6.07) is 16.8. The Morgan fingerprint density at radius 1 is 0.765 bits per heavy atom. The second kappa shape index (κ2) is 4.54. The zero-order chi connectivity index (χ0) is 12.5. The van der Waals surface area contributed by atoms with Crippen molar-refractivity contribution in [1.82, 2.24) is 0 Å². The molecule has 0 nitrogen and oxygen atoms in total. The van der Waals surface area contributed by atoms with Gasteiger partial charge in [-0.15, -0.1) is 0 Å². The molecule has 0 aromatic heterocycles. The van der Waals surface area contributed by atoms with E-state index in [1.807, 2.05) is 12.1 Å². The summed E-state index contributed by atoms with van der Waals surface area (Å²) in [5.41, 5.74) is 3.91. The normalized spacial score (nSPS) is 11.5. The van der Waals surface area contributed by atoms with Crippen LogP contribution < -0.4 is 0 Å². The summed E-state index contributed by atoms with van der Waals surface area (Å²) >= 11 is 5.93. The zero-order valence-corrected chi connectivity index (χ0v) is 11.3. The molecule has 2 aromatic rings. The number of benzene rings is 2. The largest absolute Gasteiger partial charge is 0.0843 e. The van der Waals surface area contributed by atoms with Crippen LogP contribution in [0, 0.1) is 6.92 Å². The van der Waals surface area contributed by atoms with Crippen molar-refractivity contribution in [3.8, 4) is 0 Å². The average Bonchev–Trinajstić information content (AvgIpc) is 2.30. The topological polar surface area (TPSA) is 0 Å². The number of aryl methyl sites for hydroxylation is 1. The summed E-state index contributed by atoms with van der Waals surface area (Å²) < 4.78 is 0. The lowest BCUT2D eigenvalue weighted by molar-refractivity contribution is 0.640. The molecule has 0 radical (unpaired) electrons. The van der Waals surface area contributed by atoms with Crippen LogP contribution >= 0.6 is 11.6 Å². The molecule has 0 aliphatic heterocycles. The molecule has 0 saturated heterocycles. The first-order valence-corrected chi connectivity index (χ1v) is 6.21. The summed E-state index contributed by atoms with van der Waals surface area (Å²) in [5, 5.41) is 0.786. The highest BCUT2D eigenvalue weighted by Gasteiger charge is 2.22. The van der Waals surface area contributed by atoms with Crippen molar-refractivity contribution in [3.05, 3.63) is 70.2 Å². The lowest BCUT2D eigenvalue weighted by Gasteiger charge is -2.26. The lowest BCUT2D eigenvalue weighted by Crippen LogP contribution is -2.18. The second-order valence-electron chi connectivity index (χ2n) is 5.00. The van der Waals surface area contributed by atoms with Gasteiger partial charge >= 0.3 is 0 Å². The van der Waals surface area contributed by atoms with Gasteiger partial charge in [-0.25, -0.2) is 0 Å². The van der Waals surface area contributed by atoms with Gasteiger partial charge in [-0.3, -0.25) is 0 Å². The van der Waals surface area contributed by atoms with E-state index in [0.717, 1.165) is 5.02 Å². The molecular weight excluding hydrogens is 228 g/mol. The molecule has 2 aromatic carbocycles. The van der Waals surface area contributed by atoms with E-state index in [2.05, 4.69) is 57.2 Å². The molecule has 0 aliphatic carbocycles. The van der Waals surface area contributed by atoms with Gasteiger partial charge in [0.2, 0.25) is 0 Å². The number of hydrogen-bond acceptors (Lipinski definition) is 0. The third kappa shape index (κ3) is 2.53. The molecule has 0 aliphatic rings. The van der Waals surface area contributed by atoms with Gasteiger partial charge in [-0.1, -0.05) is 67.4 Å². The van der Waals surface area contributed by atoms with Crippen molar-refractivity contribution in [1.29, 1.82) is 0 Å².